The fraction of sp³-hybridized carbons (Fsp3) is 0.556. The highest BCUT2D eigenvalue weighted by atomic mass is 16.3. The molecule has 2 saturated carbocycles. The summed E-state index contributed by atoms with van der Waals surface area (Å²) >= 11 is 0. The highest BCUT2D eigenvalue weighted by molar-refractivity contribution is 5.47. The van der Waals surface area contributed by atoms with Gasteiger partial charge >= 0.3 is 0 Å². The van der Waals surface area contributed by atoms with Crippen molar-refractivity contribution in [2.75, 3.05) is 0 Å². The number of rotatable bonds is 0. The number of phenols is 1. The SMILES string of the molecule is C[C@]12CC[C@H]3C(=CCc4cc(O)ccc43)[C@H]1CC[C@@H]2O. The second-order valence-corrected chi connectivity index (χ2v) is 7.03. The molecule has 0 amide bonds. The average Bonchev–Trinajstić information content (AvgIpc) is 2.74. The number of phenolic OH excluding ortho intramolecular Hbond substituents is 1. The predicted octanol–water partition coefficient (Wildman–Crippen LogP) is 3.53. The summed E-state index contributed by atoms with van der Waals surface area (Å²) in [6.07, 6.45) is 7.51. The number of aliphatic hydroxyl groups excluding tert-OH is 1. The van der Waals surface area contributed by atoms with Gasteiger partial charge in [-0.2, -0.15) is 0 Å². The second kappa shape index (κ2) is 4.11. The third-order valence-electron chi connectivity index (χ3n) is 6.12. The van der Waals surface area contributed by atoms with Crippen LogP contribution < -0.4 is 0 Å². The van der Waals surface area contributed by atoms with Crippen LogP contribution in [0.4, 0.5) is 0 Å². The van der Waals surface area contributed by atoms with Crippen LogP contribution in [-0.4, -0.2) is 16.3 Å². The smallest absolute Gasteiger partial charge is 0.115 e. The number of hydrogen-bond donors (Lipinski definition) is 2. The van der Waals surface area contributed by atoms with Gasteiger partial charge in [0, 0.05) is 11.3 Å². The Balaban J connectivity index is 1.76. The van der Waals surface area contributed by atoms with Crippen molar-refractivity contribution in [2.24, 2.45) is 11.3 Å². The number of aliphatic hydroxyl groups is 1. The van der Waals surface area contributed by atoms with Crippen molar-refractivity contribution >= 4 is 0 Å². The van der Waals surface area contributed by atoms with Gasteiger partial charge in [-0.05, 0) is 61.3 Å². The molecule has 20 heavy (non-hydrogen) atoms. The van der Waals surface area contributed by atoms with Gasteiger partial charge in [0.25, 0.3) is 0 Å². The third kappa shape index (κ3) is 1.54. The van der Waals surface area contributed by atoms with Crippen molar-refractivity contribution in [1.29, 1.82) is 0 Å². The molecule has 0 aromatic heterocycles. The zero-order valence-corrected chi connectivity index (χ0v) is 12.0. The van der Waals surface area contributed by atoms with Crippen LogP contribution in [0.25, 0.3) is 0 Å². The minimum atomic E-state index is -0.129. The van der Waals surface area contributed by atoms with E-state index in [1.54, 1.807) is 5.57 Å². The van der Waals surface area contributed by atoms with Crippen molar-refractivity contribution < 1.29 is 10.2 Å². The zero-order chi connectivity index (χ0) is 13.9. The van der Waals surface area contributed by atoms with Gasteiger partial charge in [-0.3, -0.25) is 0 Å². The molecule has 2 N–H and O–H groups in total. The molecule has 4 atom stereocenters. The lowest BCUT2D eigenvalue weighted by atomic mass is 9.59. The lowest BCUT2D eigenvalue weighted by Gasteiger charge is -2.46. The molecular weight excluding hydrogens is 248 g/mol. The number of allylic oxidation sites excluding steroid dienone is 2. The van der Waals surface area contributed by atoms with E-state index in [2.05, 4.69) is 19.1 Å². The largest absolute Gasteiger partial charge is 0.508 e. The average molecular weight is 270 g/mol. The minimum absolute atomic E-state index is 0.0940. The van der Waals surface area contributed by atoms with Gasteiger partial charge in [0.2, 0.25) is 0 Å². The molecule has 0 spiro atoms. The van der Waals surface area contributed by atoms with Gasteiger partial charge in [-0.15, -0.1) is 0 Å². The monoisotopic (exact) mass is 270 g/mol. The Kier molecular flexibility index (Phi) is 2.56. The van der Waals surface area contributed by atoms with E-state index >= 15 is 0 Å². The summed E-state index contributed by atoms with van der Waals surface area (Å²) in [4.78, 5) is 0. The van der Waals surface area contributed by atoms with Crippen molar-refractivity contribution in [3.05, 3.63) is 41.0 Å². The highest BCUT2D eigenvalue weighted by Gasteiger charge is 2.51. The predicted molar refractivity (Wildman–Crippen MR) is 78.7 cm³/mol. The minimum Gasteiger partial charge on any atom is -0.508 e. The number of hydrogen-bond acceptors (Lipinski definition) is 2. The van der Waals surface area contributed by atoms with E-state index in [1.807, 2.05) is 12.1 Å². The molecule has 2 fully saturated rings. The molecule has 0 radical (unpaired) electrons. The molecule has 0 saturated heterocycles. The van der Waals surface area contributed by atoms with Crippen molar-refractivity contribution in [3.63, 3.8) is 0 Å². The molecule has 0 heterocycles. The van der Waals surface area contributed by atoms with Crippen LogP contribution in [0.2, 0.25) is 0 Å². The molecule has 3 aliphatic carbocycles. The van der Waals surface area contributed by atoms with Crippen LogP contribution in [0.3, 0.4) is 0 Å². The first-order chi connectivity index (χ1) is 9.59. The van der Waals surface area contributed by atoms with Crippen LogP contribution in [0.5, 0.6) is 5.75 Å². The van der Waals surface area contributed by atoms with E-state index < -0.39 is 0 Å². The Hall–Kier alpha value is -1.28. The van der Waals surface area contributed by atoms with E-state index in [0.29, 0.717) is 17.6 Å². The van der Waals surface area contributed by atoms with Gasteiger partial charge in [0.1, 0.15) is 5.75 Å². The van der Waals surface area contributed by atoms with Crippen LogP contribution in [0, 0.1) is 11.3 Å². The molecule has 2 heteroatoms. The van der Waals surface area contributed by atoms with E-state index in [0.717, 1.165) is 32.1 Å². The first kappa shape index (κ1) is 12.5. The van der Waals surface area contributed by atoms with Crippen LogP contribution in [0.1, 0.15) is 49.7 Å². The van der Waals surface area contributed by atoms with E-state index in [-0.39, 0.29) is 11.5 Å². The molecule has 0 bridgehead atoms. The molecule has 3 aliphatic rings. The summed E-state index contributed by atoms with van der Waals surface area (Å²) in [7, 11) is 0. The molecule has 2 nitrogen and oxygen atoms in total. The normalized spacial score (nSPS) is 38.7. The number of aromatic hydroxyl groups is 1. The van der Waals surface area contributed by atoms with Crippen molar-refractivity contribution in [1.82, 2.24) is 0 Å². The quantitative estimate of drug-likeness (QED) is 0.708. The Labute approximate surface area is 120 Å². The zero-order valence-electron chi connectivity index (χ0n) is 12.0. The summed E-state index contributed by atoms with van der Waals surface area (Å²) in [5.74, 6) is 1.44. The van der Waals surface area contributed by atoms with E-state index in [1.165, 1.54) is 11.1 Å². The fourth-order valence-electron chi connectivity index (χ4n) is 4.93. The summed E-state index contributed by atoms with van der Waals surface area (Å²) in [5, 5.41) is 20.0. The number of benzene rings is 1. The van der Waals surface area contributed by atoms with Crippen molar-refractivity contribution in [2.45, 2.75) is 51.0 Å². The maximum Gasteiger partial charge on any atom is 0.115 e. The molecule has 1 aromatic carbocycles. The van der Waals surface area contributed by atoms with E-state index in [9.17, 15) is 10.2 Å². The van der Waals surface area contributed by atoms with Gasteiger partial charge < -0.3 is 10.2 Å². The lowest BCUT2D eigenvalue weighted by Crippen LogP contribution is -2.39. The summed E-state index contributed by atoms with van der Waals surface area (Å²) in [5.41, 5.74) is 4.34. The highest BCUT2D eigenvalue weighted by Crippen LogP contribution is 2.59. The molecule has 0 aliphatic heterocycles. The molecule has 106 valence electrons. The Morgan fingerprint density at radius 2 is 2.05 bits per heavy atom. The molecule has 0 unspecified atom stereocenters. The Bertz CT molecular complexity index is 589. The summed E-state index contributed by atoms with van der Waals surface area (Å²) in [6.45, 7) is 2.28. The topological polar surface area (TPSA) is 40.5 Å². The van der Waals surface area contributed by atoms with Gasteiger partial charge in [-0.1, -0.05) is 24.6 Å². The van der Waals surface area contributed by atoms with E-state index in [4.69, 9.17) is 0 Å². The lowest BCUT2D eigenvalue weighted by molar-refractivity contribution is 0.0267. The van der Waals surface area contributed by atoms with Gasteiger partial charge in [0.05, 0.1) is 6.10 Å². The second-order valence-electron chi connectivity index (χ2n) is 7.03. The first-order valence-corrected chi connectivity index (χ1v) is 7.79. The molecule has 4 rings (SSSR count). The van der Waals surface area contributed by atoms with Gasteiger partial charge in [-0.25, -0.2) is 0 Å². The summed E-state index contributed by atoms with van der Waals surface area (Å²) < 4.78 is 0. The maximum absolute atomic E-state index is 10.3. The fourth-order valence-corrected chi connectivity index (χ4v) is 4.93. The Morgan fingerprint density at radius 1 is 1.20 bits per heavy atom. The van der Waals surface area contributed by atoms with Crippen LogP contribution >= 0.6 is 0 Å². The number of fused-ring (bicyclic) bond motifs is 5. The van der Waals surface area contributed by atoms with Crippen LogP contribution in [0.15, 0.2) is 29.8 Å². The Morgan fingerprint density at radius 3 is 2.90 bits per heavy atom. The first-order valence-electron chi connectivity index (χ1n) is 7.79. The third-order valence-corrected chi connectivity index (χ3v) is 6.12. The summed E-state index contributed by atoms with van der Waals surface area (Å²) in [6, 6.07) is 5.84. The standard InChI is InChI=1S/C18H22O2/c1-18-9-8-14-13-5-3-12(19)10-11(13)2-4-15(14)16(18)6-7-17(18)20/h3-5,10,14,16-17,19-20H,2,6-9H2,1H3/t14-,16-,17+,18+/m1/s1. The molecular formula is C18H22O2. The van der Waals surface area contributed by atoms with Crippen LogP contribution in [-0.2, 0) is 6.42 Å². The maximum atomic E-state index is 10.3. The molecule has 1 aromatic rings. The van der Waals surface area contributed by atoms with Crippen molar-refractivity contribution in [3.8, 4) is 5.75 Å². The van der Waals surface area contributed by atoms with Gasteiger partial charge in [0.15, 0.2) is 0 Å².